The van der Waals surface area contributed by atoms with Gasteiger partial charge in [0.2, 0.25) is 0 Å². The summed E-state index contributed by atoms with van der Waals surface area (Å²) >= 11 is 20.7. The maximum absolute atomic E-state index is 12.7. The number of nitrogens with one attached hydrogen (secondary N) is 2. The highest BCUT2D eigenvalue weighted by Crippen LogP contribution is 2.50. The van der Waals surface area contributed by atoms with Crippen LogP contribution >= 0.6 is 95.6 Å². The Labute approximate surface area is 220 Å². The van der Waals surface area contributed by atoms with Gasteiger partial charge in [-0.25, -0.2) is 0 Å². The quantitative estimate of drug-likeness (QED) is 0.281. The van der Waals surface area contributed by atoms with Crippen molar-refractivity contribution in [1.82, 2.24) is 10.6 Å². The summed E-state index contributed by atoms with van der Waals surface area (Å²) < 4.78 is 3.09. The molecule has 4 amide bonds. The van der Waals surface area contributed by atoms with Crippen LogP contribution in [0.3, 0.4) is 0 Å². The largest absolute Gasteiger partial charge is 0.288 e. The number of carbonyl (C=O) groups excluding carboxylic acids is 4. The highest BCUT2D eigenvalue weighted by molar-refractivity contribution is 9.15. The summed E-state index contributed by atoms with van der Waals surface area (Å²) in [5.74, 6) is -2.65. The number of imide groups is 2. The highest BCUT2D eigenvalue weighted by atomic mass is 79.9. The SMILES string of the molecule is CC(c1c(Br)c(Br)c(Br)c2c1C(=O)NC2=O)c1c(Br)c(Br)c(Br)c2c1C(=O)NC2=O. The summed E-state index contributed by atoms with van der Waals surface area (Å²) in [5, 5.41) is 4.63. The lowest BCUT2D eigenvalue weighted by Crippen LogP contribution is -2.21. The zero-order valence-corrected chi connectivity index (χ0v) is 24.0. The Bertz CT molecular complexity index is 1160. The van der Waals surface area contributed by atoms with E-state index in [1.165, 1.54) is 0 Å². The first-order valence-electron chi connectivity index (χ1n) is 8.11. The molecule has 0 bridgehead atoms. The average molecular weight is 794 g/mol. The number of amides is 4. The van der Waals surface area contributed by atoms with Crippen molar-refractivity contribution in [2.75, 3.05) is 0 Å². The smallest absolute Gasteiger partial charge is 0.260 e. The maximum atomic E-state index is 12.7. The molecule has 0 atom stereocenters. The van der Waals surface area contributed by atoms with Crippen LogP contribution in [0.1, 0.15) is 65.4 Å². The number of halogens is 6. The lowest BCUT2D eigenvalue weighted by molar-refractivity contribution is 0.0863. The van der Waals surface area contributed by atoms with Gasteiger partial charge < -0.3 is 0 Å². The van der Waals surface area contributed by atoms with E-state index in [2.05, 4.69) is 106 Å². The van der Waals surface area contributed by atoms with E-state index in [9.17, 15) is 19.2 Å². The molecule has 0 unspecified atom stereocenters. The molecule has 0 saturated heterocycles. The molecule has 12 heteroatoms. The fourth-order valence-corrected chi connectivity index (χ4v) is 7.66. The molecule has 0 radical (unpaired) electrons. The molecule has 4 rings (SSSR count). The Hall–Kier alpha value is -0.400. The van der Waals surface area contributed by atoms with Gasteiger partial charge in [-0.05, 0) is 107 Å². The van der Waals surface area contributed by atoms with E-state index in [0.29, 0.717) is 38.0 Å². The van der Waals surface area contributed by atoms with Crippen LogP contribution in [-0.2, 0) is 0 Å². The van der Waals surface area contributed by atoms with E-state index in [-0.39, 0.29) is 22.3 Å². The Morgan fingerprint density at radius 3 is 1.13 bits per heavy atom. The van der Waals surface area contributed by atoms with Gasteiger partial charge in [-0.1, -0.05) is 6.92 Å². The van der Waals surface area contributed by atoms with Crippen molar-refractivity contribution in [1.29, 1.82) is 0 Å². The molecular formula is C18H6Br6N2O4. The number of hydrogen-bond donors (Lipinski definition) is 2. The van der Waals surface area contributed by atoms with Crippen LogP contribution in [0, 0.1) is 0 Å². The normalized spacial score (nSPS) is 14.9. The van der Waals surface area contributed by atoms with Crippen molar-refractivity contribution in [2.45, 2.75) is 12.8 Å². The lowest BCUT2D eigenvalue weighted by Gasteiger charge is -2.23. The number of carbonyl (C=O) groups is 4. The van der Waals surface area contributed by atoms with Gasteiger partial charge in [0.25, 0.3) is 23.6 Å². The summed E-state index contributed by atoms with van der Waals surface area (Å²) in [7, 11) is 0. The predicted octanol–water partition coefficient (Wildman–Crippen LogP) is 6.18. The minimum Gasteiger partial charge on any atom is -0.288 e. The monoisotopic (exact) mass is 788 g/mol. The van der Waals surface area contributed by atoms with Crippen molar-refractivity contribution >= 4 is 119 Å². The Morgan fingerprint density at radius 2 is 0.800 bits per heavy atom. The Morgan fingerprint density at radius 1 is 0.500 bits per heavy atom. The fourth-order valence-electron chi connectivity index (χ4n) is 3.67. The van der Waals surface area contributed by atoms with Gasteiger partial charge in [-0.2, -0.15) is 0 Å². The van der Waals surface area contributed by atoms with E-state index in [1.807, 2.05) is 0 Å². The van der Waals surface area contributed by atoms with Gasteiger partial charge >= 0.3 is 0 Å². The van der Waals surface area contributed by atoms with Crippen LogP contribution in [0.4, 0.5) is 0 Å². The molecule has 2 aromatic carbocycles. The van der Waals surface area contributed by atoms with Crippen LogP contribution in [0.15, 0.2) is 26.8 Å². The molecule has 2 heterocycles. The highest BCUT2D eigenvalue weighted by Gasteiger charge is 2.41. The second kappa shape index (κ2) is 7.87. The molecule has 6 nitrogen and oxygen atoms in total. The van der Waals surface area contributed by atoms with Crippen LogP contribution in [0.25, 0.3) is 0 Å². The van der Waals surface area contributed by atoms with Crippen molar-refractivity contribution in [2.24, 2.45) is 0 Å². The lowest BCUT2D eigenvalue weighted by atomic mass is 9.84. The third-order valence-electron chi connectivity index (χ3n) is 4.95. The van der Waals surface area contributed by atoms with E-state index >= 15 is 0 Å². The Balaban J connectivity index is 2.11. The molecule has 2 aromatic rings. The minimum atomic E-state index is -0.557. The summed E-state index contributed by atoms with van der Waals surface area (Å²) in [6.45, 7) is 1.80. The second-order valence-electron chi connectivity index (χ2n) is 6.50. The van der Waals surface area contributed by atoms with Crippen molar-refractivity contribution in [3.63, 3.8) is 0 Å². The topological polar surface area (TPSA) is 92.3 Å². The van der Waals surface area contributed by atoms with Crippen LogP contribution in [-0.4, -0.2) is 23.6 Å². The molecule has 0 fully saturated rings. The molecule has 0 aromatic heterocycles. The van der Waals surface area contributed by atoms with Gasteiger partial charge in [0.1, 0.15) is 0 Å². The van der Waals surface area contributed by atoms with E-state index in [0.717, 1.165) is 0 Å². The molecule has 154 valence electrons. The van der Waals surface area contributed by atoms with Gasteiger partial charge in [0.15, 0.2) is 0 Å². The van der Waals surface area contributed by atoms with Gasteiger partial charge in [-0.15, -0.1) is 0 Å². The zero-order valence-electron chi connectivity index (χ0n) is 14.5. The molecule has 0 aliphatic carbocycles. The third kappa shape index (κ3) is 3.08. The van der Waals surface area contributed by atoms with Crippen molar-refractivity contribution in [3.05, 3.63) is 60.2 Å². The summed E-state index contributed by atoms with van der Waals surface area (Å²) in [5.41, 5.74) is 1.85. The third-order valence-corrected chi connectivity index (χ3v) is 11.9. The molecule has 2 N–H and O–H groups in total. The van der Waals surface area contributed by atoms with Gasteiger partial charge in [0.05, 0.1) is 22.3 Å². The number of hydrogen-bond acceptors (Lipinski definition) is 4. The molecular weight excluding hydrogens is 788 g/mol. The van der Waals surface area contributed by atoms with E-state index in [4.69, 9.17) is 0 Å². The first kappa shape index (κ1) is 22.8. The van der Waals surface area contributed by atoms with Gasteiger partial charge in [0, 0.05) is 32.8 Å². The summed E-state index contributed by atoms with van der Waals surface area (Å²) in [4.78, 5) is 50.1. The number of rotatable bonds is 2. The van der Waals surface area contributed by atoms with Gasteiger partial charge in [-0.3, -0.25) is 29.8 Å². The Kier molecular flexibility index (Phi) is 5.98. The minimum absolute atomic E-state index is 0.207. The molecule has 30 heavy (non-hydrogen) atoms. The van der Waals surface area contributed by atoms with Crippen LogP contribution < -0.4 is 10.6 Å². The standard InChI is InChI=1S/C18H6Br6N2O4/c1-2(3-5-7(17(29)25-15(5)27)11(21)13(23)9(3)19)4-6-8(18(30)26-16(6)28)12(22)14(24)10(4)20/h2H,1H3,(H,25,27,29)(H,26,28,30). The molecule has 0 spiro atoms. The zero-order chi connectivity index (χ0) is 22.2. The second-order valence-corrected chi connectivity index (χ2v) is 11.3. The first-order valence-corrected chi connectivity index (χ1v) is 12.9. The predicted molar refractivity (Wildman–Crippen MR) is 130 cm³/mol. The van der Waals surface area contributed by atoms with E-state index < -0.39 is 29.5 Å². The fraction of sp³-hybridized carbons (Fsp3) is 0.111. The van der Waals surface area contributed by atoms with E-state index in [1.54, 1.807) is 6.92 Å². The molecule has 0 saturated carbocycles. The number of fused-ring (bicyclic) bond motifs is 2. The van der Waals surface area contributed by atoms with Crippen LogP contribution in [0.2, 0.25) is 0 Å². The summed E-state index contributed by atoms with van der Waals surface area (Å²) in [6, 6.07) is 0. The summed E-state index contributed by atoms with van der Waals surface area (Å²) in [6.07, 6.45) is 0. The number of benzene rings is 2. The molecule has 2 aliphatic rings. The molecule has 2 aliphatic heterocycles. The van der Waals surface area contributed by atoms with Crippen LogP contribution in [0.5, 0.6) is 0 Å². The maximum Gasteiger partial charge on any atom is 0.260 e. The first-order chi connectivity index (χ1) is 14.0. The van der Waals surface area contributed by atoms with Crippen molar-refractivity contribution < 1.29 is 19.2 Å². The van der Waals surface area contributed by atoms with Crippen molar-refractivity contribution in [3.8, 4) is 0 Å². The average Bonchev–Trinajstić information content (AvgIpc) is 3.13.